The number of amides is 2. The van der Waals surface area contributed by atoms with Crippen LogP contribution < -0.4 is 30.2 Å². The third kappa shape index (κ3) is 7.46. The van der Waals surface area contributed by atoms with Gasteiger partial charge in [-0.25, -0.2) is 9.97 Å². The van der Waals surface area contributed by atoms with Crippen molar-refractivity contribution in [1.29, 1.82) is 0 Å². The number of nitrogens with one attached hydrogen (secondary N) is 2. The van der Waals surface area contributed by atoms with Crippen molar-refractivity contribution >= 4 is 67.4 Å². The van der Waals surface area contributed by atoms with E-state index in [9.17, 15) is 9.59 Å². The molecule has 0 aliphatic rings. The predicted octanol–water partition coefficient (Wildman–Crippen LogP) is 1.49. The van der Waals surface area contributed by atoms with Gasteiger partial charge in [-0.3, -0.25) is 9.59 Å². The van der Waals surface area contributed by atoms with Gasteiger partial charge in [-0.05, 0) is 30.6 Å². The van der Waals surface area contributed by atoms with Crippen molar-refractivity contribution in [3.8, 4) is 0 Å². The van der Waals surface area contributed by atoms with Crippen LogP contribution in [-0.4, -0.2) is 58.3 Å². The molecule has 40 heavy (non-hydrogen) atoms. The van der Waals surface area contributed by atoms with Crippen molar-refractivity contribution in [2.45, 2.75) is 33.1 Å². The van der Waals surface area contributed by atoms with Crippen LogP contribution in [0.4, 0.5) is 10.3 Å². The normalized spacial score (nSPS) is 12.4. The second-order valence-electron chi connectivity index (χ2n) is 8.66. The summed E-state index contributed by atoms with van der Waals surface area (Å²) in [5, 5.41) is 27.9. The first-order valence-electron chi connectivity index (χ1n) is 11.7. The van der Waals surface area contributed by atoms with E-state index in [0.717, 1.165) is 11.4 Å². The van der Waals surface area contributed by atoms with E-state index in [1.165, 1.54) is 45.3 Å². The van der Waals surface area contributed by atoms with Crippen LogP contribution in [0.25, 0.3) is 0 Å². The fourth-order valence-corrected chi connectivity index (χ4v) is 6.82. The molecule has 17 heteroatoms. The summed E-state index contributed by atoms with van der Waals surface area (Å²) in [7, 11) is 0. The van der Waals surface area contributed by atoms with E-state index in [0.29, 0.717) is 41.0 Å². The number of nitrogens with zero attached hydrogens (tertiary/aromatic N) is 6. The molecule has 12 nitrogen and oxygen atoms in total. The van der Waals surface area contributed by atoms with Gasteiger partial charge < -0.3 is 40.8 Å². The Hall–Kier alpha value is -2.40. The molecule has 0 bridgehead atoms. The number of carbonyl (C=O) groups is 2. The van der Waals surface area contributed by atoms with Crippen molar-refractivity contribution in [3.63, 3.8) is 0 Å². The predicted molar refractivity (Wildman–Crippen MR) is 150 cm³/mol. The quantitative estimate of drug-likeness (QED) is 0.183. The van der Waals surface area contributed by atoms with Crippen molar-refractivity contribution < 1.29 is 39.3 Å². The van der Waals surface area contributed by atoms with Crippen LogP contribution in [0.5, 0.6) is 0 Å². The first kappa shape index (κ1) is 32.1. The van der Waals surface area contributed by atoms with Crippen molar-refractivity contribution in [2.24, 2.45) is 9.98 Å². The molecule has 0 fully saturated rings. The number of aliphatic hydroxyl groups is 2. The third-order valence-electron chi connectivity index (χ3n) is 5.43. The van der Waals surface area contributed by atoms with Crippen LogP contribution in [0.2, 0.25) is 0 Å². The maximum Gasteiger partial charge on any atom is 2.00 e. The Morgan fingerprint density at radius 1 is 0.900 bits per heavy atom. The van der Waals surface area contributed by atoms with Gasteiger partial charge in [-0.1, -0.05) is 13.8 Å². The average Bonchev–Trinajstić information content (AvgIpc) is 3.69. The summed E-state index contributed by atoms with van der Waals surface area (Å²) >= 11 is 5.08. The summed E-state index contributed by atoms with van der Waals surface area (Å²) in [4.78, 5) is 53.5. The minimum atomic E-state index is -0.531. The third-order valence-corrected chi connectivity index (χ3v) is 8.99. The van der Waals surface area contributed by atoms with Gasteiger partial charge in [-0.2, -0.15) is 11.3 Å². The van der Waals surface area contributed by atoms with Gasteiger partial charge in [0, 0.05) is 33.5 Å². The molecule has 0 spiro atoms. The summed E-state index contributed by atoms with van der Waals surface area (Å²) in [6, 6.07) is 0. The van der Waals surface area contributed by atoms with Crippen LogP contribution in [0, 0.1) is 13.8 Å². The Labute approximate surface area is 258 Å². The molecule has 0 saturated heterocycles. The van der Waals surface area contributed by atoms with Gasteiger partial charge >= 0.3 is 19.5 Å². The van der Waals surface area contributed by atoms with Crippen LogP contribution in [0.1, 0.15) is 56.0 Å². The molecule has 208 valence electrons. The minimum absolute atomic E-state index is 0. The molecule has 2 amide bonds. The molecular weight excluding hydrogens is 646 g/mol. The Kier molecular flexibility index (Phi) is 11.2. The van der Waals surface area contributed by atoms with Crippen molar-refractivity contribution in [1.82, 2.24) is 30.6 Å². The SMILES string of the molecule is Cc1nc(/N=c2\[n-]c(C(C)(C)c3csc(/N=c4\[n-]c(C)c(C(=O)NCCO)s4)n3)cs2)sc1C(=O)NCCO.[Zn+2]. The van der Waals surface area contributed by atoms with E-state index in [4.69, 9.17) is 10.2 Å². The summed E-state index contributed by atoms with van der Waals surface area (Å²) in [6.45, 7) is 7.58. The molecule has 4 aromatic heterocycles. The zero-order valence-corrected chi connectivity index (χ0v) is 28.5. The molecule has 0 saturated carbocycles. The zero-order valence-electron chi connectivity index (χ0n) is 22.2. The second-order valence-corrected chi connectivity index (χ2v) is 12.3. The number of aliphatic hydroxyl groups excluding tert-OH is 2. The molecular formula is C23H26N8O4S4Zn. The van der Waals surface area contributed by atoms with Gasteiger partial charge in [0.2, 0.25) is 0 Å². The van der Waals surface area contributed by atoms with E-state index < -0.39 is 5.41 Å². The fraction of sp³-hybridized carbons (Fsp3) is 0.391. The molecule has 0 aromatic carbocycles. The molecule has 0 radical (unpaired) electrons. The van der Waals surface area contributed by atoms with Gasteiger partial charge in [0.15, 0.2) is 0 Å². The molecule has 4 N–H and O–H groups in total. The molecule has 0 atom stereocenters. The number of aryl methyl sites for hydroxylation is 2. The van der Waals surface area contributed by atoms with Crippen LogP contribution in [-0.2, 0) is 24.9 Å². The standard InChI is InChI=1S/C23H28N8O4S4.Zn/c1-11-15(17(34)24-5-7-32)38-21(26-11)30-19-28-13(9-36-19)23(3,4)14-10-37-20(29-14)31-22-27-12(2)16(39-22)18(35)25-6-8-33;/h9-10,32-33H,5-8H2,1-4H3,(H4,24,25,26,27,28,29,30,31,34,35);/q;+2/p-2. The first-order chi connectivity index (χ1) is 18.6. The molecule has 0 aliphatic heterocycles. The topological polar surface area (TPSA) is 177 Å². The minimum Gasteiger partial charge on any atom is -0.430 e. The van der Waals surface area contributed by atoms with Gasteiger partial charge in [0.25, 0.3) is 11.8 Å². The number of aromatic nitrogens is 4. The van der Waals surface area contributed by atoms with Gasteiger partial charge in [-0.15, -0.1) is 34.0 Å². The van der Waals surface area contributed by atoms with Crippen molar-refractivity contribution in [2.75, 3.05) is 26.3 Å². The number of hydrogen-bond donors (Lipinski definition) is 4. The molecule has 0 unspecified atom stereocenters. The zero-order chi connectivity index (χ0) is 28.2. The smallest absolute Gasteiger partial charge is 0.430 e. The summed E-state index contributed by atoms with van der Waals surface area (Å²) in [5.74, 6) is -0.583. The number of hydrogen-bond acceptors (Lipinski definition) is 12. The molecule has 4 rings (SSSR count). The maximum absolute atomic E-state index is 12.2. The second kappa shape index (κ2) is 14.0. The van der Waals surface area contributed by atoms with E-state index in [1.54, 1.807) is 13.8 Å². The number of carbonyl (C=O) groups excluding carboxylic acids is 2. The van der Waals surface area contributed by atoms with Gasteiger partial charge in [0.1, 0.15) is 15.1 Å². The number of rotatable bonds is 10. The molecule has 0 aliphatic carbocycles. The Balaban J connectivity index is 0.00000441. The number of thiazole rings is 4. The Morgan fingerprint density at radius 2 is 1.55 bits per heavy atom. The van der Waals surface area contributed by atoms with Crippen LogP contribution in [0.15, 0.2) is 20.7 Å². The van der Waals surface area contributed by atoms with Crippen LogP contribution >= 0.6 is 45.3 Å². The maximum atomic E-state index is 12.2. The van der Waals surface area contributed by atoms with E-state index >= 15 is 0 Å². The van der Waals surface area contributed by atoms with E-state index in [-0.39, 0.29) is 57.6 Å². The Morgan fingerprint density at radius 3 is 2.23 bits per heavy atom. The monoisotopic (exact) mass is 670 g/mol. The van der Waals surface area contributed by atoms with Crippen LogP contribution in [0.3, 0.4) is 0 Å². The molecule has 4 heterocycles. The van der Waals surface area contributed by atoms with Crippen molar-refractivity contribution in [3.05, 3.63) is 52.9 Å². The summed E-state index contributed by atoms with van der Waals surface area (Å²) in [5.41, 5.74) is 2.17. The summed E-state index contributed by atoms with van der Waals surface area (Å²) in [6.07, 6.45) is 0. The van der Waals surface area contributed by atoms with E-state index in [1.807, 2.05) is 24.6 Å². The fourth-order valence-electron chi connectivity index (χ4n) is 3.28. The summed E-state index contributed by atoms with van der Waals surface area (Å²) < 4.78 is 0. The van der Waals surface area contributed by atoms with E-state index in [2.05, 4.69) is 40.6 Å². The Bertz CT molecular complexity index is 1610. The molecule has 4 aromatic rings. The first-order valence-corrected chi connectivity index (χ1v) is 15.1. The largest absolute Gasteiger partial charge is 2.00 e. The average molecular weight is 672 g/mol. The van der Waals surface area contributed by atoms with Gasteiger partial charge in [0.05, 0.1) is 29.5 Å².